The molecule has 4 nitrogen and oxygen atoms in total. The lowest BCUT2D eigenvalue weighted by Gasteiger charge is -2.34. The van der Waals surface area contributed by atoms with Crippen LogP contribution in [0.1, 0.15) is 25.3 Å². The lowest BCUT2D eigenvalue weighted by atomic mass is 9.92. The van der Waals surface area contributed by atoms with Crippen molar-refractivity contribution in [2.24, 2.45) is 11.7 Å². The second-order valence-electron chi connectivity index (χ2n) is 5.73. The zero-order chi connectivity index (χ0) is 15.4. The molecule has 5 heteroatoms. The Balaban J connectivity index is 2.06. The van der Waals surface area contributed by atoms with Gasteiger partial charge in [-0.05, 0) is 43.9 Å². The number of halogens is 1. The van der Waals surface area contributed by atoms with Gasteiger partial charge in [-0.15, -0.1) is 0 Å². The summed E-state index contributed by atoms with van der Waals surface area (Å²) in [6.07, 6.45) is 2.43. The minimum Gasteiger partial charge on any atom is -0.496 e. The summed E-state index contributed by atoms with van der Waals surface area (Å²) >= 11 is 6.01. The average Bonchev–Trinajstić information content (AvgIpc) is 2.47. The summed E-state index contributed by atoms with van der Waals surface area (Å²) in [7, 11) is 1.60. The first-order valence-corrected chi connectivity index (χ1v) is 7.75. The molecule has 1 aliphatic heterocycles. The fraction of sp³-hybridized carbons (Fsp3) is 0.562. The van der Waals surface area contributed by atoms with Gasteiger partial charge < -0.3 is 15.4 Å². The van der Waals surface area contributed by atoms with Crippen molar-refractivity contribution in [1.82, 2.24) is 4.90 Å². The lowest BCUT2D eigenvalue weighted by molar-refractivity contribution is -0.132. The summed E-state index contributed by atoms with van der Waals surface area (Å²) in [5.74, 6) is 1.21. The van der Waals surface area contributed by atoms with Crippen molar-refractivity contribution in [1.29, 1.82) is 0 Å². The number of nitrogens with zero attached hydrogens (tertiary/aromatic N) is 1. The highest BCUT2D eigenvalue weighted by atomic mass is 35.5. The summed E-state index contributed by atoms with van der Waals surface area (Å²) in [5.41, 5.74) is 6.80. The van der Waals surface area contributed by atoms with Gasteiger partial charge in [0.2, 0.25) is 5.91 Å². The van der Waals surface area contributed by atoms with Crippen molar-refractivity contribution in [2.45, 2.75) is 32.2 Å². The van der Waals surface area contributed by atoms with Gasteiger partial charge in [0, 0.05) is 29.7 Å². The molecule has 2 rings (SSSR count). The average molecular weight is 311 g/mol. The van der Waals surface area contributed by atoms with E-state index in [1.54, 1.807) is 25.3 Å². The molecule has 0 spiro atoms. The van der Waals surface area contributed by atoms with Crippen LogP contribution >= 0.6 is 11.6 Å². The van der Waals surface area contributed by atoms with E-state index in [0.29, 0.717) is 23.1 Å². The summed E-state index contributed by atoms with van der Waals surface area (Å²) in [6, 6.07) is 5.49. The molecule has 2 N–H and O–H groups in total. The molecule has 1 fully saturated rings. The SMILES string of the molecule is COc1ccc(Cl)cc1CC(=O)N1CCC[C@@H]([C@H](C)N)C1. The second-order valence-corrected chi connectivity index (χ2v) is 6.17. The third-order valence-electron chi connectivity index (χ3n) is 4.14. The van der Waals surface area contributed by atoms with Crippen LogP contribution in [-0.2, 0) is 11.2 Å². The van der Waals surface area contributed by atoms with Crippen molar-refractivity contribution in [2.75, 3.05) is 20.2 Å². The number of amides is 1. The number of ether oxygens (including phenoxy) is 1. The van der Waals surface area contributed by atoms with E-state index in [1.807, 2.05) is 11.8 Å². The summed E-state index contributed by atoms with van der Waals surface area (Å²) in [4.78, 5) is 14.4. The zero-order valence-corrected chi connectivity index (χ0v) is 13.4. The van der Waals surface area contributed by atoms with Gasteiger partial charge in [0.05, 0.1) is 13.5 Å². The van der Waals surface area contributed by atoms with Crippen LogP contribution < -0.4 is 10.5 Å². The molecule has 0 saturated carbocycles. The summed E-state index contributed by atoms with van der Waals surface area (Å²) < 4.78 is 5.30. The fourth-order valence-electron chi connectivity index (χ4n) is 2.83. The molecule has 0 unspecified atom stereocenters. The van der Waals surface area contributed by atoms with Crippen LogP contribution in [0.25, 0.3) is 0 Å². The van der Waals surface area contributed by atoms with Crippen LogP contribution in [0.4, 0.5) is 0 Å². The maximum atomic E-state index is 12.5. The Kier molecular flexibility index (Phi) is 5.48. The maximum Gasteiger partial charge on any atom is 0.227 e. The van der Waals surface area contributed by atoms with Crippen LogP contribution in [0.15, 0.2) is 18.2 Å². The van der Waals surface area contributed by atoms with Gasteiger partial charge >= 0.3 is 0 Å². The molecule has 0 aliphatic carbocycles. The molecule has 1 aliphatic rings. The first-order valence-electron chi connectivity index (χ1n) is 7.37. The molecule has 0 bridgehead atoms. The van der Waals surface area contributed by atoms with Gasteiger partial charge in [-0.25, -0.2) is 0 Å². The minimum atomic E-state index is 0.112. The van der Waals surface area contributed by atoms with E-state index in [9.17, 15) is 4.79 Å². The highest BCUT2D eigenvalue weighted by Crippen LogP contribution is 2.25. The molecule has 0 aromatic heterocycles. The van der Waals surface area contributed by atoms with Gasteiger partial charge in [0.25, 0.3) is 0 Å². The number of rotatable bonds is 4. The van der Waals surface area contributed by atoms with E-state index in [-0.39, 0.29) is 11.9 Å². The van der Waals surface area contributed by atoms with Gasteiger partial charge in [-0.3, -0.25) is 4.79 Å². The topological polar surface area (TPSA) is 55.6 Å². The molecule has 116 valence electrons. The Morgan fingerprint density at radius 3 is 3.00 bits per heavy atom. The monoisotopic (exact) mass is 310 g/mol. The maximum absolute atomic E-state index is 12.5. The van der Waals surface area contributed by atoms with E-state index < -0.39 is 0 Å². The number of piperidine rings is 1. The van der Waals surface area contributed by atoms with Crippen LogP contribution in [0.2, 0.25) is 5.02 Å². The van der Waals surface area contributed by atoms with Gasteiger partial charge in [-0.2, -0.15) is 0 Å². The molecular weight excluding hydrogens is 288 g/mol. The van der Waals surface area contributed by atoms with Crippen LogP contribution in [0.3, 0.4) is 0 Å². The van der Waals surface area contributed by atoms with Crippen molar-refractivity contribution in [3.05, 3.63) is 28.8 Å². The largest absolute Gasteiger partial charge is 0.496 e. The minimum absolute atomic E-state index is 0.112. The van der Waals surface area contributed by atoms with Crippen molar-refractivity contribution >= 4 is 17.5 Å². The van der Waals surface area contributed by atoms with E-state index in [4.69, 9.17) is 22.1 Å². The Bertz CT molecular complexity index is 505. The molecule has 1 amide bonds. The normalized spacial score (nSPS) is 20.2. The molecule has 2 atom stereocenters. The molecular formula is C16H23ClN2O2. The first kappa shape index (κ1) is 16.1. The molecule has 1 heterocycles. The van der Waals surface area contributed by atoms with E-state index >= 15 is 0 Å². The molecule has 21 heavy (non-hydrogen) atoms. The van der Waals surface area contributed by atoms with Crippen LogP contribution in [0, 0.1) is 5.92 Å². The predicted molar refractivity (Wildman–Crippen MR) is 84.7 cm³/mol. The molecule has 0 radical (unpaired) electrons. The Labute approximate surface area is 131 Å². The number of carbonyl (C=O) groups excluding carboxylic acids is 1. The molecule has 1 saturated heterocycles. The number of hydrogen-bond donors (Lipinski definition) is 1. The van der Waals surface area contributed by atoms with Gasteiger partial charge in [0.15, 0.2) is 0 Å². The van der Waals surface area contributed by atoms with Crippen LogP contribution in [-0.4, -0.2) is 37.0 Å². The quantitative estimate of drug-likeness (QED) is 0.929. The Morgan fingerprint density at radius 2 is 2.33 bits per heavy atom. The third-order valence-corrected chi connectivity index (χ3v) is 4.37. The van der Waals surface area contributed by atoms with Gasteiger partial charge in [0.1, 0.15) is 5.75 Å². The predicted octanol–water partition coefficient (Wildman–Crippen LogP) is 2.48. The standard InChI is InChI=1S/C16H23ClN2O2/c1-11(18)12-4-3-7-19(10-12)16(20)9-13-8-14(17)5-6-15(13)21-2/h5-6,8,11-12H,3-4,7,9-10,18H2,1-2H3/t11-,12+/m0/s1. The molecule has 1 aromatic carbocycles. The number of hydrogen-bond acceptors (Lipinski definition) is 3. The Hall–Kier alpha value is -1.26. The fourth-order valence-corrected chi connectivity index (χ4v) is 3.02. The lowest BCUT2D eigenvalue weighted by Crippen LogP contribution is -2.45. The number of benzene rings is 1. The Morgan fingerprint density at radius 1 is 1.57 bits per heavy atom. The number of nitrogens with two attached hydrogens (primary N) is 1. The molecule has 1 aromatic rings. The second kappa shape index (κ2) is 7.14. The van der Waals surface area contributed by atoms with E-state index in [1.165, 1.54) is 0 Å². The highest BCUT2D eigenvalue weighted by Gasteiger charge is 2.26. The van der Waals surface area contributed by atoms with E-state index in [2.05, 4.69) is 0 Å². The summed E-state index contributed by atoms with van der Waals surface area (Å²) in [6.45, 7) is 3.57. The number of carbonyl (C=O) groups is 1. The van der Waals surface area contributed by atoms with Crippen LogP contribution in [0.5, 0.6) is 5.75 Å². The highest BCUT2D eigenvalue weighted by molar-refractivity contribution is 6.30. The van der Waals surface area contributed by atoms with Crippen molar-refractivity contribution in [3.63, 3.8) is 0 Å². The van der Waals surface area contributed by atoms with Crippen molar-refractivity contribution < 1.29 is 9.53 Å². The first-order chi connectivity index (χ1) is 10.0. The van der Waals surface area contributed by atoms with E-state index in [0.717, 1.165) is 31.5 Å². The summed E-state index contributed by atoms with van der Waals surface area (Å²) in [5, 5.41) is 0.616. The smallest absolute Gasteiger partial charge is 0.227 e. The van der Waals surface area contributed by atoms with Crippen molar-refractivity contribution in [3.8, 4) is 5.75 Å². The third kappa shape index (κ3) is 4.11. The number of methoxy groups -OCH3 is 1. The van der Waals surface area contributed by atoms with Gasteiger partial charge in [-0.1, -0.05) is 11.6 Å². The zero-order valence-electron chi connectivity index (χ0n) is 12.6. The number of likely N-dealkylation sites (tertiary alicyclic amines) is 1.